The summed E-state index contributed by atoms with van der Waals surface area (Å²) in [5.41, 5.74) is 0. The molecule has 2 fully saturated rings. The monoisotopic (exact) mass is 379 g/mol. The summed E-state index contributed by atoms with van der Waals surface area (Å²) in [5.74, 6) is 1.01. The second-order valence-corrected chi connectivity index (χ2v) is 8.63. The topological polar surface area (TPSA) is 46.6 Å². The summed E-state index contributed by atoms with van der Waals surface area (Å²) >= 11 is 0. The number of amides is 1. The number of carbonyl (C=O) groups is 2. The van der Waals surface area contributed by atoms with Crippen LogP contribution in [0.15, 0.2) is 0 Å². The van der Waals surface area contributed by atoms with Gasteiger partial charge in [-0.15, -0.1) is 0 Å². The summed E-state index contributed by atoms with van der Waals surface area (Å²) in [6.45, 7) is 4.24. The number of piperidine rings is 1. The Balaban J connectivity index is 1.50. The lowest BCUT2D eigenvalue weighted by molar-refractivity contribution is -0.151. The highest BCUT2D eigenvalue weighted by Gasteiger charge is 2.28. The van der Waals surface area contributed by atoms with Gasteiger partial charge in [0.1, 0.15) is 0 Å². The molecule has 2 aliphatic rings. The molecule has 156 valence electrons. The molecule has 27 heavy (non-hydrogen) atoms. The number of unbranched alkanes of at least 4 members (excludes halogenated alkanes) is 6. The van der Waals surface area contributed by atoms with E-state index in [0.717, 1.165) is 51.1 Å². The van der Waals surface area contributed by atoms with Crippen molar-refractivity contribution in [3.05, 3.63) is 0 Å². The molecule has 4 nitrogen and oxygen atoms in total. The van der Waals surface area contributed by atoms with Crippen LogP contribution in [0, 0.1) is 11.8 Å². The maximum Gasteiger partial charge on any atom is 0.309 e. The second-order valence-electron chi connectivity index (χ2n) is 8.63. The smallest absolute Gasteiger partial charge is 0.309 e. The zero-order chi connectivity index (χ0) is 19.3. The number of hydrogen-bond donors (Lipinski definition) is 0. The minimum atomic E-state index is -0.0426. The molecule has 0 N–H and O–H groups in total. The molecule has 0 bridgehead atoms. The first-order valence-corrected chi connectivity index (χ1v) is 11.6. The van der Waals surface area contributed by atoms with Crippen molar-refractivity contribution in [2.45, 2.75) is 103 Å². The van der Waals surface area contributed by atoms with Gasteiger partial charge in [0.05, 0.1) is 12.5 Å². The molecular formula is C23H41NO3. The van der Waals surface area contributed by atoms with Crippen molar-refractivity contribution in [1.29, 1.82) is 0 Å². The molecule has 1 aliphatic heterocycles. The highest BCUT2D eigenvalue weighted by molar-refractivity contribution is 5.77. The fourth-order valence-electron chi connectivity index (χ4n) is 4.50. The van der Waals surface area contributed by atoms with Gasteiger partial charge in [-0.25, -0.2) is 0 Å². The molecule has 1 saturated carbocycles. The summed E-state index contributed by atoms with van der Waals surface area (Å²) in [7, 11) is 0. The Morgan fingerprint density at radius 3 is 2.19 bits per heavy atom. The van der Waals surface area contributed by atoms with E-state index in [0.29, 0.717) is 13.0 Å². The van der Waals surface area contributed by atoms with E-state index in [1.165, 1.54) is 57.8 Å². The van der Waals surface area contributed by atoms with Crippen LogP contribution < -0.4 is 0 Å². The normalized spacial score (nSPS) is 18.8. The van der Waals surface area contributed by atoms with Crippen LogP contribution in [0.1, 0.15) is 103 Å². The number of carbonyl (C=O) groups excluding carboxylic acids is 2. The van der Waals surface area contributed by atoms with E-state index in [-0.39, 0.29) is 17.8 Å². The van der Waals surface area contributed by atoms with E-state index in [2.05, 4.69) is 6.92 Å². The standard InChI is InChI=1S/C23H41NO3/c1-2-3-4-5-6-7-10-19-27-23(26)21-15-17-24(18-16-21)22(25)14-13-20-11-8-9-12-20/h20-21H,2-19H2,1H3. The van der Waals surface area contributed by atoms with Crippen molar-refractivity contribution in [2.75, 3.05) is 19.7 Å². The summed E-state index contributed by atoms with van der Waals surface area (Å²) in [6, 6.07) is 0. The highest BCUT2D eigenvalue weighted by atomic mass is 16.5. The van der Waals surface area contributed by atoms with Gasteiger partial charge in [-0.1, -0.05) is 71.1 Å². The van der Waals surface area contributed by atoms with Crippen LogP contribution in [-0.2, 0) is 14.3 Å². The highest BCUT2D eigenvalue weighted by Crippen LogP contribution is 2.29. The summed E-state index contributed by atoms with van der Waals surface area (Å²) in [6.07, 6.45) is 17.2. The van der Waals surface area contributed by atoms with Gasteiger partial charge in [-0.2, -0.15) is 0 Å². The lowest BCUT2D eigenvalue weighted by atomic mass is 9.96. The Labute approximate surface area is 166 Å². The predicted octanol–water partition coefficient (Wildman–Crippen LogP) is 5.49. The first kappa shape index (κ1) is 22.2. The van der Waals surface area contributed by atoms with E-state index in [1.54, 1.807) is 0 Å². The van der Waals surface area contributed by atoms with Gasteiger partial charge in [-0.05, 0) is 31.6 Å². The minimum Gasteiger partial charge on any atom is -0.465 e. The number of ether oxygens (including phenoxy) is 1. The van der Waals surface area contributed by atoms with Crippen molar-refractivity contribution in [3.63, 3.8) is 0 Å². The number of rotatable bonds is 12. The molecular weight excluding hydrogens is 338 g/mol. The molecule has 1 saturated heterocycles. The first-order valence-electron chi connectivity index (χ1n) is 11.6. The molecule has 1 aliphatic carbocycles. The van der Waals surface area contributed by atoms with E-state index in [4.69, 9.17) is 4.74 Å². The Morgan fingerprint density at radius 1 is 0.889 bits per heavy atom. The largest absolute Gasteiger partial charge is 0.465 e. The van der Waals surface area contributed by atoms with Gasteiger partial charge >= 0.3 is 5.97 Å². The molecule has 0 unspecified atom stereocenters. The van der Waals surface area contributed by atoms with E-state index >= 15 is 0 Å². The van der Waals surface area contributed by atoms with Crippen LogP contribution in [0.5, 0.6) is 0 Å². The number of nitrogens with zero attached hydrogens (tertiary/aromatic N) is 1. The zero-order valence-corrected chi connectivity index (χ0v) is 17.6. The average Bonchev–Trinajstić information content (AvgIpc) is 3.22. The first-order chi connectivity index (χ1) is 13.2. The van der Waals surface area contributed by atoms with Crippen molar-refractivity contribution in [1.82, 2.24) is 4.90 Å². The molecule has 2 rings (SSSR count). The van der Waals surface area contributed by atoms with Crippen LogP contribution in [0.4, 0.5) is 0 Å². The SMILES string of the molecule is CCCCCCCCCOC(=O)C1CCN(C(=O)CCC2CCCC2)CC1. The number of esters is 1. The van der Waals surface area contributed by atoms with Gasteiger partial charge in [0.15, 0.2) is 0 Å². The third-order valence-corrected chi connectivity index (χ3v) is 6.41. The quantitative estimate of drug-likeness (QED) is 0.333. The van der Waals surface area contributed by atoms with Crippen molar-refractivity contribution >= 4 is 11.9 Å². The van der Waals surface area contributed by atoms with Crippen molar-refractivity contribution < 1.29 is 14.3 Å². The Hall–Kier alpha value is -1.06. The summed E-state index contributed by atoms with van der Waals surface area (Å²) < 4.78 is 5.48. The van der Waals surface area contributed by atoms with Crippen molar-refractivity contribution in [3.8, 4) is 0 Å². The Bertz CT molecular complexity index is 423. The predicted molar refractivity (Wildman–Crippen MR) is 109 cm³/mol. The molecule has 0 spiro atoms. The van der Waals surface area contributed by atoms with Crippen LogP contribution in [0.2, 0.25) is 0 Å². The maximum absolute atomic E-state index is 12.4. The van der Waals surface area contributed by atoms with Gasteiger partial charge in [-0.3, -0.25) is 9.59 Å². The fourth-order valence-corrected chi connectivity index (χ4v) is 4.50. The Morgan fingerprint density at radius 2 is 1.52 bits per heavy atom. The van der Waals surface area contributed by atoms with Crippen LogP contribution in [0.3, 0.4) is 0 Å². The van der Waals surface area contributed by atoms with Crippen LogP contribution in [0.25, 0.3) is 0 Å². The van der Waals surface area contributed by atoms with Crippen LogP contribution in [-0.4, -0.2) is 36.5 Å². The lowest BCUT2D eigenvalue weighted by Crippen LogP contribution is -2.40. The second kappa shape index (κ2) is 13.2. The number of hydrogen-bond acceptors (Lipinski definition) is 3. The van der Waals surface area contributed by atoms with Gasteiger partial charge < -0.3 is 9.64 Å². The minimum absolute atomic E-state index is 0.00608. The molecule has 1 heterocycles. The Kier molecular flexibility index (Phi) is 10.8. The lowest BCUT2D eigenvalue weighted by Gasteiger charge is -2.31. The number of likely N-dealkylation sites (tertiary alicyclic amines) is 1. The third kappa shape index (κ3) is 8.66. The maximum atomic E-state index is 12.4. The van der Waals surface area contributed by atoms with E-state index < -0.39 is 0 Å². The van der Waals surface area contributed by atoms with Gasteiger partial charge in [0.2, 0.25) is 5.91 Å². The molecule has 0 aromatic rings. The zero-order valence-electron chi connectivity index (χ0n) is 17.6. The molecule has 0 atom stereocenters. The summed E-state index contributed by atoms with van der Waals surface area (Å²) in [5, 5.41) is 0. The molecule has 0 aromatic carbocycles. The van der Waals surface area contributed by atoms with Crippen molar-refractivity contribution in [2.24, 2.45) is 11.8 Å². The van der Waals surface area contributed by atoms with E-state index in [9.17, 15) is 9.59 Å². The molecule has 0 radical (unpaired) electrons. The van der Waals surface area contributed by atoms with Crippen LogP contribution >= 0.6 is 0 Å². The molecule has 1 amide bonds. The average molecular weight is 380 g/mol. The molecule has 4 heteroatoms. The fraction of sp³-hybridized carbons (Fsp3) is 0.913. The molecule has 0 aromatic heterocycles. The summed E-state index contributed by atoms with van der Waals surface area (Å²) in [4.78, 5) is 26.6. The third-order valence-electron chi connectivity index (χ3n) is 6.41. The van der Waals surface area contributed by atoms with Gasteiger partial charge in [0, 0.05) is 19.5 Å². The van der Waals surface area contributed by atoms with E-state index in [1.807, 2.05) is 4.90 Å². The van der Waals surface area contributed by atoms with Gasteiger partial charge in [0.25, 0.3) is 0 Å².